The third-order valence-electron chi connectivity index (χ3n) is 1.91. The molecule has 0 unspecified atom stereocenters. The number of benzene rings is 1. The first kappa shape index (κ1) is 12.2. The molecule has 16 heavy (non-hydrogen) atoms. The van der Waals surface area contributed by atoms with Gasteiger partial charge in [0.15, 0.2) is 0 Å². The summed E-state index contributed by atoms with van der Waals surface area (Å²) in [5.74, 6) is -0.905. The second kappa shape index (κ2) is 5.90. The molecule has 0 saturated heterocycles. The lowest BCUT2D eigenvalue weighted by Crippen LogP contribution is -2.37. The van der Waals surface area contributed by atoms with Crippen LogP contribution >= 0.6 is 0 Å². The lowest BCUT2D eigenvalue weighted by molar-refractivity contribution is -0.136. The molecule has 0 atom stereocenters. The fourth-order valence-corrected chi connectivity index (χ4v) is 1.09. The second-order valence-corrected chi connectivity index (χ2v) is 3.92. The van der Waals surface area contributed by atoms with E-state index in [1.807, 2.05) is 19.9 Å². The summed E-state index contributed by atoms with van der Waals surface area (Å²) in [7, 11) is 0. The SMILES string of the molecule is CC(C)CNC(=O)C(=O)Nc1ccccc1. The van der Waals surface area contributed by atoms with E-state index in [-0.39, 0.29) is 0 Å². The van der Waals surface area contributed by atoms with Crippen LogP contribution in [0.3, 0.4) is 0 Å². The van der Waals surface area contributed by atoms with E-state index in [2.05, 4.69) is 10.6 Å². The van der Waals surface area contributed by atoms with Crippen LogP contribution in [0.1, 0.15) is 13.8 Å². The van der Waals surface area contributed by atoms with E-state index in [1.54, 1.807) is 24.3 Å². The minimum atomic E-state index is -0.633. The van der Waals surface area contributed by atoms with Crippen LogP contribution in [-0.4, -0.2) is 18.4 Å². The zero-order valence-electron chi connectivity index (χ0n) is 9.49. The lowest BCUT2D eigenvalue weighted by Gasteiger charge is -2.07. The summed E-state index contributed by atoms with van der Waals surface area (Å²) >= 11 is 0. The Morgan fingerprint density at radius 1 is 1.12 bits per heavy atom. The molecule has 0 aliphatic rings. The maximum Gasteiger partial charge on any atom is 0.313 e. The molecule has 2 N–H and O–H groups in total. The molecular weight excluding hydrogens is 204 g/mol. The monoisotopic (exact) mass is 220 g/mol. The predicted molar refractivity (Wildman–Crippen MR) is 62.9 cm³/mol. The molecule has 1 aromatic rings. The van der Waals surface area contributed by atoms with Gasteiger partial charge >= 0.3 is 11.8 Å². The van der Waals surface area contributed by atoms with Crippen molar-refractivity contribution in [3.8, 4) is 0 Å². The lowest BCUT2D eigenvalue weighted by atomic mass is 10.2. The Hall–Kier alpha value is -1.84. The average molecular weight is 220 g/mol. The van der Waals surface area contributed by atoms with Crippen molar-refractivity contribution in [2.24, 2.45) is 5.92 Å². The summed E-state index contributed by atoms with van der Waals surface area (Å²) in [6.07, 6.45) is 0. The van der Waals surface area contributed by atoms with Gasteiger partial charge in [-0.3, -0.25) is 9.59 Å². The van der Waals surface area contributed by atoms with Crippen molar-refractivity contribution in [1.29, 1.82) is 0 Å². The molecule has 4 heteroatoms. The van der Waals surface area contributed by atoms with Gasteiger partial charge in [0.2, 0.25) is 0 Å². The number of carbonyl (C=O) groups is 2. The normalized spacial score (nSPS) is 9.94. The highest BCUT2D eigenvalue weighted by molar-refractivity contribution is 6.39. The molecule has 0 radical (unpaired) electrons. The molecular formula is C12H16N2O2. The van der Waals surface area contributed by atoms with Crippen LogP contribution in [0.25, 0.3) is 0 Å². The molecule has 0 aliphatic heterocycles. The Bertz CT molecular complexity index is 361. The Balaban J connectivity index is 2.44. The molecule has 0 saturated carbocycles. The number of anilines is 1. The van der Waals surface area contributed by atoms with E-state index in [1.165, 1.54) is 0 Å². The first-order chi connectivity index (χ1) is 7.59. The van der Waals surface area contributed by atoms with Crippen molar-refractivity contribution in [2.75, 3.05) is 11.9 Å². The van der Waals surface area contributed by atoms with Crippen LogP contribution in [0.15, 0.2) is 30.3 Å². The predicted octanol–water partition coefficient (Wildman–Crippen LogP) is 1.40. The molecule has 4 nitrogen and oxygen atoms in total. The van der Waals surface area contributed by atoms with E-state index in [9.17, 15) is 9.59 Å². The highest BCUT2D eigenvalue weighted by Crippen LogP contribution is 2.04. The first-order valence-electron chi connectivity index (χ1n) is 5.24. The van der Waals surface area contributed by atoms with E-state index >= 15 is 0 Å². The van der Waals surface area contributed by atoms with Gasteiger partial charge in [-0.1, -0.05) is 32.0 Å². The summed E-state index contributed by atoms with van der Waals surface area (Å²) in [4.78, 5) is 22.7. The van der Waals surface area contributed by atoms with Gasteiger partial charge in [-0.05, 0) is 18.1 Å². The summed E-state index contributed by atoms with van der Waals surface area (Å²) in [6.45, 7) is 4.44. The Morgan fingerprint density at radius 3 is 2.31 bits per heavy atom. The molecule has 1 rings (SSSR count). The molecule has 2 amide bonds. The molecule has 0 aliphatic carbocycles. The van der Waals surface area contributed by atoms with Crippen molar-refractivity contribution in [3.63, 3.8) is 0 Å². The maximum atomic E-state index is 11.4. The standard InChI is InChI=1S/C12H16N2O2/c1-9(2)8-13-11(15)12(16)14-10-6-4-3-5-7-10/h3-7,9H,8H2,1-2H3,(H,13,15)(H,14,16). The summed E-state index contributed by atoms with van der Waals surface area (Å²) in [6, 6.07) is 8.89. The highest BCUT2D eigenvalue weighted by Gasteiger charge is 2.12. The largest absolute Gasteiger partial charge is 0.348 e. The van der Waals surface area contributed by atoms with Crippen LogP contribution in [0.2, 0.25) is 0 Å². The summed E-state index contributed by atoms with van der Waals surface area (Å²) < 4.78 is 0. The maximum absolute atomic E-state index is 11.4. The van der Waals surface area contributed by atoms with E-state index in [0.29, 0.717) is 18.2 Å². The Kier molecular flexibility index (Phi) is 4.51. The summed E-state index contributed by atoms with van der Waals surface area (Å²) in [5.41, 5.74) is 0.618. The van der Waals surface area contributed by atoms with Gasteiger partial charge in [-0.15, -0.1) is 0 Å². The van der Waals surface area contributed by atoms with Crippen molar-refractivity contribution in [2.45, 2.75) is 13.8 Å². The van der Waals surface area contributed by atoms with Crippen LogP contribution < -0.4 is 10.6 Å². The Morgan fingerprint density at radius 2 is 1.75 bits per heavy atom. The van der Waals surface area contributed by atoms with E-state index < -0.39 is 11.8 Å². The van der Waals surface area contributed by atoms with Crippen molar-refractivity contribution < 1.29 is 9.59 Å². The average Bonchev–Trinajstić information content (AvgIpc) is 2.27. The van der Waals surface area contributed by atoms with Crippen LogP contribution in [0, 0.1) is 5.92 Å². The third kappa shape index (κ3) is 4.13. The quantitative estimate of drug-likeness (QED) is 0.756. The number of carbonyl (C=O) groups excluding carboxylic acids is 2. The van der Waals surface area contributed by atoms with Gasteiger partial charge in [-0.2, -0.15) is 0 Å². The zero-order valence-corrected chi connectivity index (χ0v) is 9.49. The van der Waals surface area contributed by atoms with Gasteiger partial charge in [0.05, 0.1) is 0 Å². The van der Waals surface area contributed by atoms with Crippen molar-refractivity contribution in [3.05, 3.63) is 30.3 Å². The smallest absolute Gasteiger partial charge is 0.313 e. The van der Waals surface area contributed by atoms with Crippen LogP contribution in [0.4, 0.5) is 5.69 Å². The zero-order chi connectivity index (χ0) is 12.0. The molecule has 0 fully saturated rings. The van der Waals surface area contributed by atoms with Crippen molar-refractivity contribution >= 4 is 17.5 Å². The van der Waals surface area contributed by atoms with Gasteiger partial charge in [0, 0.05) is 12.2 Å². The number of para-hydroxylation sites is 1. The molecule has 0 spiro atoms. The number of hydrogen-bond donors (Lipinski definition) is 2. The van der Waals surface area contributed by atoms with Crippen LogP contribution in [0.5, 0.6) is 0 Å². The number of amides is 2. The van der Waals surface area contributed by atoms with E-state index in [4.69, 9.17) is 0 Å². The fraction of sp³-hybridized carbons (Fsp3) is 0.333. The van der Waals surface area contributed by atoms with Crippen LogP contribution in [-0.2, 0) is 9.59 Å². The van der Waals surface area contributed by atoms with Crippen molar-refractivity contribution in [1.82, 2.24) is 5.32 Å². The molecule has 86 valence electrons. The summed E-state index contributed by atoms with van der Waals surface area (Å²) in [5, 5.41) is 5.07. The topological polar surface area (TPSA) is 58.2 Å². The minimum absolute atomic E-state index is 0.327. The minimum Gasteiger partial charge on any atom is -0.348 e. The molecule has 0 bridgehead atoms. The molecule has 1 aromatic carbocycles. The van der Waals surface area contributed by atoms with Gasteiger partial charge in [-0.25, -0.2) is 0 Å². The molecule has 0 aromatic heterocycles. The second-order valence-electron chi connectivity index (χ2n) is 3.92. The van der Waals surface area contributed by atoms with Gasteiger partial charge in [0.1, 0.15) is 0 Å². The molecule has 0 heterocycles. The van der Waals surface area contributed by atoms with Gasteiger partial charge in [0.25, 0.3) is 0 Å². The van der Waals surface area contributed by atoms with Gasteiger partial charge < -0.3 is 10.6 Å². The fourth-order valence-electron chi connectivity index (χ4n) is 1.09. The first-order valence-corrected chi connectivity index (χ1v) is 5.24. The number of hydrogen-bond acceptors (Lipinski definition) is 2. The Labute approximate surface area is 95.0 Å². The van der Waals surface area contributed by atoms with E-state index in [0.717, 1.165) is 0 Å². The number of rotatable bonds is 3. The third-order valence-corrected chi connectivity index (χ3v) is 1.91. The number of nitrogens with one attached hydrogen (secondary N) is 2. The highest BCUT2D eigenvalue weighted by atomic mass is 16.2.